The van der Waals surface area contributed by atoms with Crippen LogP contribution in [-0.4, -0.2) is 44.8 Å². The molecule has 7 heteroatoms. The van der Waals surface area contributed by atoms with Crippen LogP contribution in [0.2, 0.25) is 0 Å². The van der Waals surface area contributed by atoms with E-state index in [0.717, 1.165) is 31.7 Å². The third kappa shape index (κ3) is 4.64. The van der Waals surface area contributed by atoms with Gasteiger partial charge in [0.1, 0.15) is 0 Å². The van der Waals surface area contributed by atoms with Gasteiger partial charge in [0.05, 0.1) is 4.90 Å². The molecule has 1 aliphatic heterocycles. The van der Waals surface area contributed by atoms with E-state index in [-0.39, 0.29) is 4.90 Å². The maximum atomic E-state index is 12.5. The van der Waals surface area contributed by atoms with E-state index >= 15 is 0 Å². The number of likely N-dealkylation sites (tertiary alicyclic amines) is 1. The van der Waals surface area contributed by atoms with Crippen molar-refractivity contribution >= 4 is 15.5 Å². The molecule has 0 spiro atoms. The molecule has 1 aliphatic rings. The highest BCUT2D eigenvalue weighted by Gasteiger charge is 2.27. The number of rotatable bonds is 7. The first-order valence-corrected chi connectivity index (χ1v) is 9.45. The molecule has 1 aromatic carbocycles. The van der Waals surface area contributed by atoms with Crippen LogP contribution in [0.5, 0.6) is 0 Å². The molecule has 1 fully saturated rings. The van der Waals surface area contributed by atoms with E-state index in [4.69, 9.17) is 0 Å². The topological polar surface area (TPSA) is 49.4 Å². The number of nitrogens with one attached hydrogen (secondary N) is 1. The molecular weight excluding hydrogens is 322 g/mol. The second kappa shape index (κ2) is 7.57. The maximum absolute atomic E-state index is 12.5. The second-order valence-corrected chi connectivity index (χ2v) is 8.31. The normalized spacial score (nSPS) is 19.7. The van der Waals surface area contributed by atoms with Crippen LogP contribution >= 0.6 is 0 Å². The molecule has 0 aromatic heterocycles. The van der Waals surface area contributed by atoms with E-state index in [1.165, 1.54) is 30.7 Å². The largest absolute Gasteiger partial charge is 0.383 e. The lowest BCUT2D eigenvalue weighted by atomic mass is 10.1. The zero-order valence-electron chi connectivity index (χ0n) is 13.5. The predicted octanol–water partition coefficient (Wildman–Crippen LogP) is 3.22. The Morgan fingerprint density at radius 2 is 1.91 bits per heavy atom. The van der Waals surface area contributed by atoms with Crippen LogP contribution in [0.4, 0.5) is 14.5 Å². The summed E-state index contributed by atoms with van der Waals surface area (Å²) in [6, 6.07) is 5.99. The summed E-state index contributed by atoms with van der Waals surface area (Å²) < 4.78 is 47.7. The number of alkyl halides is 2. The number of benzene rings is 1. The Bertz CT molecular complexity index is 603. The van der Waals surface area contributed by atoms with E-state index in [0.29, 0.717) is 12.0 Å². The van der Waals surface area contributed by atoms with Gasteiger partial charge in [0.25, 0.3) is 0 Å². The van der Waals surface area contributed by atoms with Gasteiger partial charge in [0, 0.05) is 24.8 Å². The predicted molar refractivity (Wildman–Crippen MR) is 87.6 cm³/mol. The van der Waals surface area contributed by atoms with Crippen LogP contribution in [0.1, 0.15) is 26.7 Å². The van der Waals surface area contributed by atoms with E-state index in [1.54, 1.807) is 0 Å². The van der Waals surface area contributed by atoms with Gasteiger partial charge in [0.2, 0.25) is 9.84 Å². The van der Waals surface area contributed by atoms with Gasteiger partial charge in [-0.25, -0.2) is 8.42 Å². The van der Waals surface area contributed by atoms with Crippen molar-refractivity contribution in [1.82, 2.24) is 4.90 Å². The monoisotopic (exact) mass is 346 g/mol. The maximum Gasteiger partial charge on any atom is 0.341 e. The van der Waals surface area contributed by atoms with Crippen molar-refractivity contribution in [1.29, 1.82) is 0 Å². The molecule has 1 aromatic rings. The van der Waals surface area contributed by atoms with Gasteiger partial charge in [-0.3, -0.25) is 4.90 Å². The Morgan fingerprint density at radius 3 is 2.48 bits per heavy atom. The van der Waals surface area contributed by atoms with Gasteiger partial charge in [0.15, 0.2) is 0 Å². The molecule has 1 saturated heterocycles. The standard InChI is InChI=1S/C16H24F2N2O2S/c1-12(2)11-20-9-3-4-14(20)10-19-13-5-7-15(8-6-13)23(21,22)16(17)18/h5-8,12,14,16,19H,3-4,9-11H2,1-2H3/t14-/m1/s1. The van der Waals surface area contributed by atoms with Gasteiger partial charge in [-0.15, -0.1) is 0 Å². The Hall–Kier alpha value is -1.21. The lowest BCUT2D eigenvalue weighted by molar-refractivity contribution is 0.234. The molecule has 130 valence electrons. The van der Waals surface area contributed by atoms with Crippen LogP contribution in [0.3, 0.4) is 0 Å². The Balaban J connectivity index is 1.94. The first kappa shape index (κ1) is 18.1. The van der Waals surface area contributed by atoms with Crippen molar-refractivity contribution in [2.75, 3.05) is 25.0 Å². The van der Waals surface area contributed by atoms with Gasteiger partial charge in [-0.05, 0) is 49.6 Å². The molecule has 1 N–H and O–H groups in total. The SMILES string of the molecule is CC(C)CN1CCC[C@@H]1CNc1ccc(S(=O)(=O)C(F)F)cc1. The average molecular weight is 346 g/mol. The highest BCUT2D eigenvalue weighted by Crippen LogP contribution is 2.22. The minimum absolute atomic E-state index is 0.347. The summed E-state index contributed by atoms with van der Waals surface area (Å²) in [6.45, 7) is 7.34. The van der Waals surface area contributed by atoms with Gasteiger partial charge >= 0.3 is 5.76 Å². The van der Waals surface area contributed by atoms with Crippen LogP contribution in [0, 0.1) is 5.92 Å². The van der Waals surface area contributed by atoms with E-state index in [1.807, 2.05) is 0 Å². The molecule has 0 saturated carbocycles. The van der Waals surface area contributed by atoms with Gasteiger partial charge in [-0.1, -0.05) is 13.8 Å². The third-order valence-electron chi connectivity index (χ3n) is 4.06. The van der Waals surface area contributed by atoms with Crippen LogP contribution in [0.25, 0.3) is 0 Å². The minimum Gasteiger partial charge on any atom is -0.383 e. The molecule has 23 heavy (non-hydrogen) atoms. The summed E-state index contributed by atoms with van der Waals surface area (Å²) in [4.78, 5) is 2.12. The molecule has 0 unspecified atom stereocenters. The fraction of sp³-hybridized carbons (Fsp3) is 0.625. The lowest BCUT2D eigenvalue weighted by Gasteiger charge is -2.26. The number of hydrogen-bond acceptors (Lipinski definition) is 4. The molecule has 0 radical (unpaired) electrons. The van der Waals surface area contributed by atoms with Gasteiger partial charge in [-0.2, -0.15) is 8.78 Å². The molecule has 1 atom stereocenters. The Kier molecular flexibility index (Phi) is 5.97. The second-order valence-electron chi connectivity index (χ2n) is 6.40. The number of nitrogens with zero attached hydrogens (tertiary/aromatic N) is 1. The summed E-state index contributed by atoms with van der Waals surface area (Å²) in [6.07, 6.45) is 2.32. The van der Waals surface area contributed by atoms with Crippen LogP contribution in [0.15, 0.2) is 29.2 Å². The van der Waals surface area contributed by atoms with Crippen molar-refractivity contribution in [2.24, 2.45) is 5.92 Å². The highest BCUT2D eigenvalue weighted by molar-refractivity contribution is 7.91. The summed E-state index contributed by atoms with van der Waals surface area (Å²) >= 11 is 0. The van der Waals surface area contributed by atoms with E-state index in [9.17, 15) is 17.2 Å². The number of anilines is 1. The Labute approximate surface area is 136 Å². The van der Waals surface area contributed by atoms with E-state index < -0.39 is 15.6 Å². The van der Waals surface area contributed by atoms with Crippen molar-refractivity contribution in [2.45, 2.75) is 43.4 Å². The zero-order chi connectivity index (χ0) is 17.0. The van der Waals surface area contributed by atoms with Crippen molar-refractivity contribution in [3.05, 3.63) is 24.3 Å². The zero-order valence-corrected chi connectivity index (χ0v) is 14.3. The molecule has 4 nitrogen and oxygen atoms in total. The first-order chi connectivity index (χ1) is 10.8. The summed E-state index contributed by atoms with van der Waals surface area (Å²) in [7, 11) is -4.52. The quantitative estimate of drug-likeness (QED) is 0.824. The smallest absolute Gasteiger partial charge is 0.341 e. The molecule has 0 bridgehead atoms. The van der Waals surface area contributed by atoms with Crippen molar-refractivity contribution in [3.63, 3.8) is 0 Å². The van der Waals surface area contributed by atoms with Crippen molar-refractivity contribution in [3.8, 4) is 0 Å². The Morgan fingerprint density at radius 1 is 1.26 bits per heavy atom. The fourth-order valence-corrected chi connectivity index (χ4v) is 3.66. The molecule has 1 heterocycles. The summed E-state index contributed by atoms with van der Waals surface area (Å²) in [5.74, 6) is -2.76. The average Bonchev–Trinajstić information content (AvgIpc) is 2.91. The first-order valence-electron chi connectivity index (χ1n) is 7.90. The summed E-state index contributed by atoms with van der Waals surface area (Å²) in [5, 5.41) is 3.27. The number of hydrogen-bond donors (Lipinski definition) is 1. The molecular formula is C16H24F2N2O2S. The molecule has 0 aliphatic carbocycles. The minimum atomic E-state index is -4.52. The van der Waals surface area contributed by atoms with Crippen molar-refractivity contribution < 1.29 is 17.2 Å². The third-order valence-corrected chi connectivity index (χ3v) is 5.46. The summed E-state index contributed by atoms with van der Waals surface area (Å²) in [5.41, 5.74) is 0.745. The van der Waals surface area contributed by atoms with Gasteiger partial charge < -0.3 is 5.32 Å². The van der Waals surface area contributed by atoms with E-state index in [2.05, 4.69) is 24.1 Å². The highest BCUT2D eigenvalue weighted by atomic mass is 32.2. The molecule has 2 rings (SSSR count). The fourth-order valence-electron chi connectivity index (χ4n) is 2.94. The lowest BCUT2D eigenvalue weighted by Crippen LogP contribution is -2.37. The number of halogens is 2. The van der Waals surface area contributed by atoms with Crippen LogP contribution in [-0.2, 0) is 9.84 Å². The number of sulfone groups is 1. The van der Waals surface area contributed by atoms with Crippen LogP contribution < -0.4 is 5.32 Å². The molecule has 0 amide bonds.